The number of aryl methyl sites for hydroxylation is 1. The molecule has 7 heteroatoms. The number of nitrogens with zero attached hydrogens (tertiary/aromatic N) is 2. The van der Waals surface area contributed by atoms with Gasteiger partial charge in [0.1, 0.15) is 0 Å². The first-order valence-corrected chi connectivity index (χ1v) is 8.10. The van der Waals surface area contributed by atoms with E-state index in [9.17, 15) is 14.4 Å². The van der Waals surface area contributed by atoms with Crippen molar-refractivity contribution in [3.05, 3.63) is 23.2 Å². The van der Waals surface area contributed by atoms with Gasteiger partial charge in [0, 0.05) is 24.0 Å². The van der Waals surface area contributed by atoms with E-state index in [4.69, 9.17) is 0 Å². The summed E-state index contributed by atoms with van der Waals surface area (Å²) in [4.78, 5) is 42.7. The number of anilines is 1. The van der Waals surface area contributed by atoms with Gasteiger partial charge in [0.05, 0.1) is 11.8 Å². The molecule has 6 nitrogen and oxygen atoms in total. The van der Waals surface area contributed by atoms with Gasteiger partial charge >= 0.3 is 0 Å². The first-order valence-electron chi connectivity index (χ1n) is 7.29. The van der Waals surface area contributed by atoms with E-state index in [1.165, 1.54) is 16.2 Å². The molecule has 0 aromatic carbocycles. The molecule has 0 unspecified atom stereocenters. The van der Waals surface area contributed by atoms with Crippen LogP contribution >= 0.6 is 11.3 Å². The van der Waals surface area contributed by atoms with Crippen molar-refractivity contribution < 1.29 is 14.4 Å². The van der Waals surface area contributed by atoms with Crippen LogP contribution in [-0.4, -0.2) is 34.2 Å². The normalized spacial score (nSPS) is 23.8. The highest BCUT2D eigenvalue weighted by Crippen LogP contribution is 2.35. The van der Waals surface area contributed by atoms with E-state index in [2.05, 4.69) is 10.3 Å². The lowest BCUT2D eigenvalue weighted by atomic mass is 9.85. The number of hydrogen-bond acceptors (Lipinski definition) is 5. The molecule has 1 aliphatic carbocycles. The van der Waals surface area contributed by atoms with E-state index in [0.29, 0.717) is 18.0 Å². The van der Waals surface area contributed by atoms with Gasteiger partial charge in [0.25, 0.3) is 0 Å². The maximum absolute atomic E-state index is 12.3. The largest absolute Gasteiger partial charge is 0.302 e. The third-order valence-corrected chi connectivity index (χ3v) is 4.86. The summed E-state index contributed by atoms with van der Waals surface area (Å²) in [6.45, 7) is 2.05. The summed E-state index contributed by atoms with van der Waals surface area (Å²) in [6.07, 6.45) is 6.93. The molecule has 1 aromatic rings. The van der Waals surface area contributed by atoms with Crippen LogP contribution in [0.25, 0.3) is 0 Å². The van der Waals surface area contributed by atoms with Crippen LogP contribution in [0, 0.1) is 18.8 Å². The second-order valence-corrected chi connectivity index (χ2v) is 6.79. The van der Waals surface area contributed by atoms with Crippen molar-refractivity contribution in [2.45, 2.75) is 26.2 Å². The van der Waals surface area contributed by atoms with E-state index in [0.717, 1.165) is 4.88 Å². The third-order valence-electron chi connectivity index (χ3n) is 4.03. The zero-order chi connectivity index (χ0) is 15.7. The van der Waals surface area contributed by atoms with Crippen LogP contribution < -0.4 is 5.32 Å². The van der Waals surface area contributed by atoms with Gasteiger partial charge in [-0.2, -0.15) is 0 Å². The minimum Gasteiger partial charge on any atom is -0.302 e. The van der Waals surface area contributed by atoms with Crippen LogP contribution in [0.15, 0.2) is 18.3 Å². The number of nitrogens with one attached hydrogen (secondary N) is 1. The summed E-state index contributed by atoms with van der Waals surface area (Å²) in [7, 11) is 0. The molecule has 116 valence electrons. The highest BCUT2D eigenvalue weighted by molar-refractivity contribution is 7.15. The highest BCUT2D eigenvalue weighted by Gasteiger charge is 2.46. The van der Waals surface area contributed by atoms with Crippen molar-refractivity contribution in [2.24, 2.45) is 11.8 Å². The fourth-order valence-corrected chi connectivity index (χ4v) is 3.58. The number of carbonyl (C=O) groups is 3. The molecule has 0 saturated carbocycles. The maximum atomic E-state index is 12.3. The molecule has 1 fully saturated rings. The van der Waals surface area contributed by atoms with Gasteiger partial charge in [-0.15, -0.1) is 11.3 Å². The summed E-state index contributed by atoms with van der Waals surface area (Å²) in [5, 5.41) is 3.23. The maximum Gasteiger partial charge on any atom is 0.233 e. The van der Waals surface area contributed by atoms with Gasteiger partial charge < -0.3 is 5.32 Å². The molecule has 1 aliphatic heterocycles. The van der Waals surface area contributed by atoms with Crippen LogP contribution in [0.4, 0.5) is 5.13 Å². The molecule has 0 spiro atoms. The van der Waals surface area contributed by atoms with E-state index in [-0.39, 0.29) is 42.5 Å². The van der Waals surface area contributed by atoms with Gasteiger partial charge in [-0.25, -0.2) is 4.98 Å². The van der Waals surface area contributed by atoms with E-state index >= 15 is 0 Å². The number of allylic oxidation sites excluding steroid dienone is 2. The van der Waals surface area contributed by atoms with Crippen molar-refractivity contribution in [2.75, 3.05) is 11.9 Å². The van der Waals surface area contributed by atoms with Crippen molar-refractivity contribution in [3.8, 4) is 0 Å². The quantitative estimate of drug-likeness (QED) is 0.677. The van der Waals surface area contributed by atoms with E-state index in [1.54, 1.807) is 6.20 Å². The molecular formula is C15H17N3O3S. The van der Waals surface area contributed by atoms with Crippen molar-refractivity contribution >= 4 is 34.2 Å². The van der Waals surface area contributed by atoms with Crippen LogP contribution in [-0.2, 0) is 14.4 Å². The highest BCUT2D eigenvalue weighted by atomic mass is 32.1. The summed E-state index contributed by atoms with van der Waals surface area (Å²) in [6, 6.07) is 0. The SMILES string of the molecule is Cc1cnc(NC(=O)CCN2C(=O)[C@@H]3CC=CC[C@H]3C2=O)s1. The minimum absolute atomic E-state index is 0.100. The number of amides is 3. The zero-order valence-corrected chi connectivity index (χ0v) is 13.1. The van der Waals surface area contributed by atoms with Crippen molar-refractivity contribution in [1.82, 2.24) is 9.88 Å². The number of aromatic nitrogens is 1. The van der Waals surface area contributed by atoms with Gasteiger partial charge in [-0.05, 0) is 19.8 Å². The predicted octanol–water partition coefficient (Wildman–Crippen LogP) is 1.73. The number of carbonyl (C=O) groups excluding carboxylic acids is 3. The Labute approximate surface area is 132 Å². The molecule has 2 heterocycles. The molecule has 1 aromatic heterocycles. The van der Waals surface area contributed by atoms with E-state index < -0.39 is 0 Å². The van der Waals surface area contributed by atoms with Gasteiger partial charge in [0.15, 0.2) is 5.13 Å². The summed E-state index contributed by atoms with van der Waals surface area (Å²) in [5.74, 6) is -0.984. The number of fused-ring (bicyclic) bond motifs is 1. The third kappa shape index (κ3) is 2.81. The molecule has 2 aliphatic rings. The molecule has 22 heavy (non-hydrogen) atoms. The molecule has 1 saturated heterocycles. The fraction of sp³-hybridized carbons (Fsp3) is 0.467. The molecule has 2 atom stereocenters. The Morgan fingerprint density at radius 1 is 1.32 bits per heavy atom. The zero-order valence-electron chi connectivity index (χ0n) is 12.2. The predicted molar refractivity (Wildman–Crippen MR) is 82.2 cm³/mol. The second kappa shape index (κ2) is 6.00. The van der Waals surface area contributed by atoms with Crippen LogP contribution in [0.2, 0.25) is 0 Å². The number of hydrogen-bond donors (Lipinski definition) is 1. The van der Waals surface area contributed by atoms with Crippen LogP contribution in [0.1, 0.15) is 24.1 Å². The summed E-state index contributed by atoms with van der Waals surface area (Å²) < 4.78 is 0. The first-order chi connectivity index (χ1) is 10.6. The Kier molecular flexibility index (Phi) is 4.06. The average molecular weight is 319 g/mol. The van der Waals surface area contributed by atoms with E-state index in [1.807, 2.05) is 19.1 Å². The summed E-state index contributed by atoms with van der Waals surface area (Å²) in [5.41, 5.74) is 0. The Balaban J connectivity index is 1.56. The van der Waals surface area contributed by atoms with Crippen molar-refractivity contribution in [3.63, 3.8) is 0 Å². The lowest BCUT2D eigenvalue weighted by Gasteiger charge is -2.14. The molecule has 3 amide bonds. The number of thiazole rings is 1. The molecular weight excluding hydrogens is 302 g/mol. The van der Waals surface area contributed by atoms with Gasteiger partial charge in [-0.3, -0.25) is 19.3 Å². The standard InChI is InChI=1S/C15H17N3O3S/c1-9-8-16-15(22-9)17-12(19)6-7-18-13(20)10-4-2-3-5-11(10)14(18)21/h2-3,8,10-11H,4-7H2,1H3,(H,16,17,19)/t10-,11-/m1/s1. The smallest absolute Gasteiger partial charge is 0.233 e. The van der Waals surface area contributed by atoms with Gasteiger partial charge in [-0.1, -0.05) is 12.2 Å². The van der Waals surface area contributed by atoms with Crippen LogP contribution in [0.5, 0.6) is 0 Å². The number of likely N-dealkylation sites (tertiary alicyclic amines) is 1. The monoisotopic (exact) mass is 319 g/mol. The molecule has 1 N–H and O–H groups in total. The Morgan fingerprint density at radius 3 is 2.50 bits per heavy atom. The minimum atomic E-state index is -0.234. The Bertz CT molecular complexity index is 626. The molecule has 0 radical (unpaired) electrons. The lowest BCUT2D eigenvalue weighted by molar-refractivity contribution is -0.140. The van der Waals surface area contributed by atoms with Crippen molar-refractivity contribution in [1.29, 1.82) is 0 Å². The number of imide groups is 1. The average Bonchev–Trinajstić information content (AvgIpc) is 3.01. The molecule has 0 bridgehead atoms. The summed E-state index contributed by atoms with van der Waals surface area (Å²) >= 11 is 1.39. The topological polar surface area (TPSA) is 79.4 Å². The Hall–Kier alpha value is -2.02. The fourth-order valence-electron chi connectivity index (χ4n) is 2.90. The molecule has 3 rings (SSSR count). The van der Waals surface area contributed by atoms with Crippen LogP contribution in [0.3, 0.4) is 0 Å². The second-order valence-electron chi connectivity index (χ2n) is 5.56. The van der Waals surface area contributed by atoms with Gasteiger partial charge in [0.2, 0.25) is 17.7 Å². The number of rotatable bonds is 4. The lowest BCUT2D eigenvalue weighted by Crippen LogP contribution is -2.34. The first kappa shape index (κ1) is 14.9. The Morgan fingerprint density at radius 2 is 1.95 bits per heavy atom.